The molecule has 34 heavy (non-hydrogen) atoms. The van der Waals surface area contributed by atoms with E-state index in [2.05, 4.69) is 55.9 Å². The molecule has 0 fully saturated rings. The maximum absolute atomic E-state index is 13.3. The van der Waals surface area contributed by atoms with Gasteiger partial charge in [0.1, 0.15) is 11.3 Å². The van der Waals surface area contributed by atoms with Gasteiger partial charge < -0.3 is 19.5 Å². The number of ether oxygens (including phenoxy) is 3. The van der Waals surface area contributed by atoms with Gasteiger partial charge in [-0.3, -0.25) is 0 Å². The molecule has 0 amide bonds. The molecular weight excluding hydrogens is 462 g/mol. The lowest BCUT2D eigenvalue weighted by Crippen LogP contribution is -2.23. The molecule has 0 bridgehead atoms. The van der Waals surface area contributed by atoms with Crippen LogP contribution in [0.2, 0.25) is 25.7 Å². The van der Waals surface area contributed by atoms with Gasteiger partial charge in [-0.15, -0.1) is 11.8 Å². The minimum absolute atomic E-state index is 0.0498. The van der Waals surface area contributed by atoms with E-state index >= 15 is 0 Å². The number of esters is 1. The van der Waals surface area contributed by atoms with Gasteiger partial charge in [0.2, 0.25) is 0 Å². The number of hydrogen-bond acceptors (Lipinski definition) is 6. The Labute approximate surface area is 210 Å². The fourth-order valence-corrected chi connectivity index (χ4v) is 4.71. The lowest BCUT2D eigenvalue weighted by molar-refractivity contribution is 0.0436. The van der Waals surface area contributed by atoms with Crippen LogP contribution in [-0.4, -0.2) is 47.6 Å². The third-order valence-corrected chi connectivity index (χ3v) is 7.67. The molecule has 2 aromatic rings. The predicted molar refractivity (Wildman–Crippen MR) is 143 cm³/mol. The zero-order valence-electron chi connectivity index (χ0n) is 21.0. The zero-order valence-corrected chi connectivity index (χ0v) is 22.8. The number of benzene rings is 2. The van der Waals surface area contributed by atoms with Crippen molar-refractivity contribution in [3.8, 4) is 17.6 Å². The van der Waals surface area contributed by atoms with Crippen LogP contribution in [0, 0.1) is 11.8 Å². The van der Waals surface area contributed by atoms with E-state index < -0.39 is 8.07 Å². The Bertz CT molecular complexity index is 964. The molecule has 0 saturated heterocycles. The average Bonchev–Trinajstić information content (AvgIpc) is 2.81. The van der Waals surface area contributed by atoms with Crippen molar-refractivity contribution < 1.29 is 19.0 Å². The highest BCUT2D eigenvalue weighted by molar-refractivity contribution is 7.98. The summed E-state index contributed by atoms with van der Waals surface area (Å²) in [5, 5.41) is 3.28. The van der Waals surface area contributed by atoms with Crippen molar-refractivity contribution in [3.63, 3.8) is 0 Å². The standard InChI is InChI=1S/C27H37NO4SSi/c1-6-28-17-11-10-12-22-15-16-25(32-21-30-2)26(27(29)31-18-19-34(3,4)5)24(22)20-33-23-13-8-7-9-14-23/h7-9,13-16,28H,6,11,17-21H2,1-5H3. The van der Waals surface area contributed by atoms with E-state index in [1.165, 1.54) is 0 Å². The Balaban J connectivity index is 2.41. The molecule has 0 heterocycles. The summed E-state index contributed by atoms with van der Waals surface area (Å²) in [5.74, 6) is 7.17. The van der Waals surface area contributed by atoms with Crippen molar-refractivity contribution in [2.45, 2.75) is 49.7 Å². The van der Waals surface area contributed by atoms with Gasteiger partial charge in [-0.1, -0.05) is 56.6 Å². The summed E-state index contributed by atoms with van der Waals surface area (Å²) in [6.45, 7) is 11.1. The molecule has 0 radical (unpaired) electrons. The molecule has 0 aliphatic heterocycles. The second-order valence-electron chi connectivity index (χ2n) is 8.97. The first kappa shape index (κ1) is 28.0. The number of carbonyl (C=O) groups excluding carboxylic acids is 1. The summed E-state index contributed by atoms with van der Waals surface area (Å²) in [7, 11) is 0.225. The highest BCUT2D eigenvalue weighted by Gasteiger charge is 2.23. The maximum atomic E-state index is 13.3. The third-order valence-electron chi connectivity index (χ3n) is 4.92. The molecule has 0 unspecified atom stereocenters. The summed E-state index contributed by atoms with van der Waals surface area (Å²) in [6.07, 6.45) is 0.733. The van der Waals surface area contributed by atoms with Crippen LogP contribution in [0.5, 0.6) is 5.75 Å². The Morgan fingerprint density at radius 3 is 2.56 bits per heavy atom. The molecule has 5 nitrogen and oxygen atoms in total. The Morgan fingerprint density at radius 2 is 1.88 bits per heavy atom. The van der Waals surface area contributed by atoms with E-state index in [1.54, 1.807) is 24.9 Å². The average molecular weight is 500 g/mol. The highest BCUT2D eigenvalue weighted by Crippen LogP contribution is 2.32. The summed E-state index contributed by atoms with van der Waals surface area (Å²) in [6, 6.07) is 14.7. The van der Waals surface area contributed by atoms with Gasteiger partial charge in [-0.25, -0.2) is 4.79 Å². The minimum Gasteiger partial charge on any atom is -0.467 e. The largest absolute Gasteiger partial charge is 0.467 e. The first-order valence-corrected chi connectivity index (χ1v) is 16.4. The van der Waals surface area contributed by atoms with Crippen molar-refractivity contribution in [1.29, 1.82) is 0 Å². The van der Waals surface area contributed by atoms with Crippen molar-refractivity contribution in [2.75, 3.05) is 33.6 Å². The number of nitrogens with one attached hydrogen (secondary N) is 1. The monoisotopic (exact) mass is 499 g/mol. The minimum atomic E-state index is -1.33. The normalized spacial score (nSPS) is 11.0. The Morgan fingerprint density at radius 1 is 1.12 bits per heavy atom. The second kappa shape index (κ2) is 14.9. The second-order valence-corrected chi connectivity index (χ2v) is 15.6. The molecule has 1 N–H and O–H groups in total. The van der Waals surface area contributed by atoms with Gasteiger partial charge in [-0.2, -0.15) is 0 Å². The smallest absolute Gasteiger partial charge is 0.342 e. The van der Waals surface area contributed by atoms with Crippen LogP contribution in [0.3, 0.4) is 0 Å². The Kier molecular flexibility index (Phi) is 12.3. The van der Waals surface area contributed by atoms with E-state index in [-0.39, 0.29) is 12.8 Å². The number of thioether (sulfide) groups is 1. The number of carbonyl (C=O) groups is 1. The molecule has 0 aliphatic carbocycles. The predicted octanol–water partition coefficient (Wildman–Crippen LogP) is 5.81. The van der Waals surface area contributed by atoms with Crippen LogP contribution in [0.15, 0.2) is 47.4 Å². The van der Waals surface area contributed by atoms with Crippen LogP contribution in [0.1, 0.15) is 34.8 Å². The van der Waals surface area contributed by atoms with Gasteiger partial charge in [-0.05, 0) is 42.4 Å². The van der Waals surface area contributed by atoms with Crippen LogP contribution in [0.25, 0.3) is 0 Å². The van der Waals surface area contributed by atoms with Crippen molar-refractivity contribution in [3.05, 3.63) is 59.2 Å². The fourth-order valence-electron chi connectivity index (χ4n) is 3.04. The van der Waals surface area contributed by atoms with E-state index in [9.17, 15) is 4.79 Å². The van der Waals surface area contributed by atoms with Crippen molar-refractivity contribution in [1.82, 2.24) is 5.32 Å². The van der Waals surface area contributed by atoms with E-state index in [1.807, 2.05) is 24.3 Å². The molecular formula is C27H37NO4SSi. The van der Waals surface area contributed by atoms with Crippen molar-refractivity contribution >= 4 is 25.8 Å². The molecule has 0 spiro atoms. The molecule has 0 atom stereocenters. The van der Waals surface area contributed by atoms with Gasteiger partial charge in [0.05, 0.1) is 6.61 Å². The first-order valence-electron chi connectivity index (χ1n) is 11.7. The molecule has 0 saturated carbocycles. The van der Waals surface area contributed by atoms with E-state index in [4.69, 9.17) is 14.2 Å². The van der Waals surface area contributed by atoms with Gasteiger partial charge in [0.15, 0.2) is 6.79 Å². The lowest BCUT2D eigenvalue weighted by Gasteiger charge is -2.18. The van der Waals surface area contributed by atoms with Gasteiger partial charge in [0.25, 0.3) is 0 Å². The first-order chi connectivity index (χ1) is 16.4. The van der Waals surface area contributed by atoms with Crippen LogP contribution in [0.4, 0.5) is 0 Å². The summed E-state index contributed by atoms with van der Waals surface area (Å²) in [5.41, 5.74) is 2.09. The molecule has 0 aromatic heterocycles. The highest BCUT2D eigenvalue weighted by atomic mass is 32.2. The summed E-state index contributed by atoms with van der Waals surface area (Å²) >= 11 is 1.66. The maximum Gasteiger partial charge on any atom is 0.342 e. The molecule has 2 rings (SSSR count). The Hall–Kier alpha value is -2.24. The van der Waals surface area contributed by atoms with Crippen LogP contribution >= 0.6 is 11.8 Å². The summed E-state index contributed by atoms with van der Waals surface area (Å²) < 4.78 is 16.6. The van der Waals surface area contributed by atoms with E-state index in [0.717, 1.165) is 41.6 Å². The zero-order chi connectivity index (χ0) is 24.8. The van der Waals surface area contributed by atoms with Crippen molar-refractivity contribution in [2.24, 2.45) is 0 Å². The molecule has 0 aliphatic rings. The SMILES string of the molecule is CCNCCC#Cc1ccc(OCOC)c(C(=O)OCC[Si](C)(C)C)c1CSc1ccccc1. The molecule has 2 aromatic carbocycles. The molecule has 184 valence electrons. The number of hydrogen-bond donors (Lipinski definition) is 1. The molecule has 7 heteroatoms. The quantitative estimate of drug-likeness (QED) is 0.0938. The third kappa shape index (κ3) is 9.94. The van der Waals surface area contributed by atoms with E-state index in [0.29, 0.717) is 23.7 Å². The lowest BCUT2D eigenvalue weighted by atomic mass is 10.0. The van der Waals surface area contributed by atoms with Crippen LogP contribution < -0.4 is 10.1 Å². The van der Waals surface area contributed by atoms with Gasteiger partial charge in [0, 0.05) is 44.4 Å². The summed E-state index contributed by atoms with van der Waals surface area (Å²) in [4.78, 5) is 14.4. The number of methoxy groups -OCH3 is 1. The van der Waals surface area contributed by atoms with Crippen LogP contribution in [-0.2, 0) is 15.2 Å². The van der Waals surface area contributed by atoms with Gasteiger partial charge >= 0.3 is 5.97 Å². The topological polar surface area (TPSA) is 56.8 Å². The number of rotatable bonds is 13. The fraction of sp³-hybridized carbons (Fsp3) is 0.444.